The molecule has 1 unspecified atom stereocenters. The van der Waals surface area contributed by atoms with Gasteiger partial charge in [-0.1, -0.05) is 39.7 Å². The van der Waals surface area contributed by atoms with Crippen molar-refractivity contribution in [1.29, 1.82) is 0 Å². The first-order chi connectivity index (χ1) is 25.6. The average molecular weight is 790 g/mol. The maximum Gasteiger partial charge on any atom is 0.425 e. The summed E-state index contributed by atoms with van der Waals surface area (Å²) < 4.78 is 95.4. The van der Waals surface area contributed by atoms with Crippen molar-refractivity contribution >= 4 is 29.1 Å². The number of rotatable bonds is 10. The van der Waals surface area contributed by atoms with Crippen molar-refractivity contribution in [3.8, 4) is 5.75 Å². The van der Waals surface area contributed by atoms with Crippen LogP contribution in [0, 0.1) is 11.7 Å². The van der Waals surface area contributed by atoms with Gasteiger partial charge in [0.2, 0.25) is 5.91 Å². The Hall–Kier alpha value is -4.21. The van der Waals surface area contributed by atoms with E-state index in [9.17, 15) is 45.1 Å². The number of halogens is 7. The largest absolute Gasteiger partial charge is 0.496 e. The van der Waals surface area contributed by atoms with Gasteiger partial charge in [-0.05, 0) is 73.9 Å². The quantitative estimate of drug-likeness (QED) is 0.162. The predicted octanol–water partition coefficient (Wildman–Crippen LogP) is 9.83. The van der Waals surface area contributed by atoms with Crippen LogP contribution in [0.2, 0.25) is 0 Å². The summed E-state index contributed by atoms with van der Waals surface area (Å²) in [4.78, 5) is 45.1. The van der Waals surface area contributed by atoms with Gasteiger partial charge < -0.3 is 19.6 Å². The summed E-state index contributed by atoms with van der Waals surface area (Å²) in [5.41, 5.74) is -0.146. The maximum absolute atomic E-state index is 14.2. The standard InChI is InChI=1S/C30H35F4N3O4.C6H5F3OS.C2H6/c1-2-7-24-22(8-6-16-36(24)29(41)27-23(30(32,33)34)9-5-15-35-27)28(40)37-17-14-19-18-20(31)12-13-21(19)25(37)10-3-4-11-26(38)39;1-10-4-2-5(11-3-4)6(7,8)9;1-2/h5,9,12-13,15,18,22,24-25H,2-4,6-8,10-11,14,16-17H2,1H3,(H,38,39);2-3H,1H3;1-2H3/t22-,24-,25?;;/m1../s1. The first kappa shape index (κ1) is 44.2. The van der Waals surface area contributed by atoms with Crippen LogP contribution in [0.3, 0.4) is 0 Å². The first-order valence-electron chi connectivity index (χ1n) is 17.9. The van der Waals surface area contributed by atoms with E-state index in [1.54, 1.807) is 11.0 Å². The average Bonchev–Trinajstić information content (AvgIpc) is 3.64. The van der Waals surface area contributed by atoms with Gasteiger partial charge in [-0.25, -0.2) is 4.39 Å². The van der Waals surface area contributed by atoms with Crippen LogP contribution in [0.25, 0.3) is 0 Å². The highest BCUT2D eigenvalue weighted by molar-refractivity contribution is 7.10. The number of methoxy groups -OCH3 is 1. The molecular weight excluding hydrogens is 743 g/mol. The number of aromatic nitrogens is 1. The molecule has 1 fully saturated rings. The number of carboxylic acid groups (broad SMARTS) is 1. The van der Waals surface area contributed by atoms with Crippen LogP contribution >= 0.6 is 11.3 Å². The molecule has 0 saturated carbocycles. The predicted molar refractivity (Wildman–Crippen MR) is 190 cm³/mol. The molecule has 8 nitrogen and oxygen atoms in total. The van der Waals surface area contributed by atoms with Crippen molar-refractivity contribution in [3.05, 3.63) is 81.1 Å². The molecule has 2 amide bonds. The second kappa shape index (κ2) is 19.9. The SMILES string of the molecule is CC.CCC[C@@H]1[C@H](C(=O)N2CCc3cc(F)ccc3C2CCCCC(=O)O)CCCN1C(=O)c1ncccc1C(F)(F)F.COc1csc(C(F)(F)F)c1. The number of alkyl halides is 6. The summed E-state index contributed by atoms with van der Waals surface area (Å²) in [6, 6.07) is 6.46. The summed E-state index contributed by atoms with van der Waals surface area (Å²) in [6.07, 6.45) is -3.92. The Bertz CT molecular complexity index is 1700. The lowest BCUT2D eigenvalue weighted by molar-refractivity contribution is -0.143. The molecule has 5 rings (SSSR count). The molecule has 0 aliphatic carbocycles. The highest BCUT2D eigenvalue weighted by Gasteiger charge is 2.44. The molecular formula is C38H46F7N3O5S. The lowest BCUT2D eigenvalue weighted by Gasteiger charge is -2.45. The molecule has 0 radical (unpaired) electrons. The number of benzene rings is 1. The van der Waals surface area contributed by atoms with Gasteiger partial charge in [0.25, 0.3) is 5.91 Å². The fraction of sp³-hybridized carbons (Fsp3) is 0.526. The van der Waals surface area contributed by atoms with Crippen LogP contribution < -0.4 is 4.74 Å². The Labute approximate surface area is 314 Å². The third kappa shape index (κ3) is 11.4. The molecule has 1 aromatic carbocycles. The number of pyridine rings is 1. The van der Waals surface area contributed by atoms with Gasteiger partial charge in [0.15, 0.2) is 0 Å². The van der Waals surface area contributed by atoms with Crippen molar-refractivity contribution in [3.63, 3.8) is 0 Å². The zero-order valence-electron chi connectivity index (χ0n) is 30.6. The van der Waals surface area contributed by atoms with E-state index in [0.717, 1.165) is 35.5 Å². The number of unbranched alkanes of at least 4 members (excludes halogenated alkanes) is 1. The number of amides is 2. The van der Waals surface area contributed by atoms with E-state index in [1.807, 2.05) is 20.8 Å². The van der Waals surface area contributed by atoms with Crippen LogP contribution in [0.5, 0.6) is 5.75 Å². The Morgan fingerprint density at radius 3 is 2.30 bits per heavy atom. The number of carbonyl (C=O) groups is 3. The molecule has 2 aliphatic heterocycles. The molecule has 2 aromatic heterocycles. The van der Waals surface area contributed by atoms with E-state index in [2.05, 4.69) is 9.72 Å². The third-order valence-corrected chi connectivity index (χ3v) is 10.2. The number of ether oxygens (including phenoxy) is 1. The number of carbonyl (C=O) groups excluding carboxylic acids is 2. The van der Waals surface area contributed by atoms with Gasteiger partial charge in [-0.15, -0.1) is 11.3 Å². The fourth-order valence-corrected chi connectivity index (χ4v) is 7.57. The summed E-state index contributed by atoms with van der Waals surface area (Å²) in [5.74, 6) is -2.66. The fourth-order valence-electron chi connectivity index (χ4n) is 6.85. The molecule has 298 valence electrons. The summed E-state index contributed by atoms with van der Waals surface area (Å²) in [7, 11) is 1.34. The Kier molecular flexibility index (Phi) is 16.3. The van der Waals surface area contributed by atoms with Crippen molar-refractivity contribution in [2.24, 2.45) is 5.92 Å². The Morgan fingerprint density at radius 2 is 1.70 bits per heavy atom. The zero-order valence-corrected chi connectivity index (χ0v) is 31.4. The smallest absolute Gasteiger partial charge is 0.425 e. The highest BCUT2D eigenvalue weighted by atomic mass is 32.1. The van der Waals surface area contributed by atoms with Gasteiger partial charge in [-0.2, -0.15) is 26.3 Å². The zero-order chi connectivity index (χ0) is 40.2. The first-order valence-corrected chi connectivity index (χ1v) is 18.8. The minimum Gasteiger partial charge on any atom is -0.496 e. The van der Waals surface area contributed by atoms with Gasteiger partial charge >= 0.3 is 18.3 Å². The molecule has 1 N–H and O–H groups in total. The minimum absolute atomic E-state index is 0.00263. The monoisotopic (exact) mass is 789 g/mol. The van der Waals surface area contributed by atoms with E-state index in [-0.39, 0.29) is 36.5 Å². The number of likely N-dealkylation sites (tertiary alicyclic amines) is 1. The van der Waals surface area contributed by atoms with Crippen LogP contribution in [-0.4, -0.2) is 63.9 Å². The van der Waals surface area contributed by atoms with E-state index < -0.39 is 52.3 Å². The molecule has 2 aliphatic rings. The number of thiophene rings is 1. The van der Waals surface area contributed by atoms with E-state index >= 15 is 0 Å². The van der Waals surface area contributed by atoms with Crippen molar-refractivity contribution in [1.82, 2.24) is 14.8 Å². The van der Waals surface area contributed by atoms with Crippen molar-refractivity contribution in [2.75, 3.05) is 20.2 Å². The molecule has 0 spiro atoms. The van der Waals surface area contributed by atoms with Gasteiger partial charge in [0.05, 0.1) is 24.6 Å². The molecule has 16 heteroatoms. The van der Waals surface area contributed by atoms with Crippen LogP contribution in [0.15, 0.2) is 48.0 Å². The van der Waals surface area contributed by atoms with E-state index in [4.69, 9.17) is 5.11 Å². The second-order valence-electron chi connectivity index (χ2n) is 12.6. The third-order valence-electron chi connectivity index (χ3n) is 9.21. The maximum atomic E-state index is 14.2. The van der Waals surface area contributed by atoms with E-state index in [0.29, 0.717) is 69.2 Å². The number of hydrogen-bond donors (Lipinski definition) is 1. The number of fused-ring (bicyclic) bond motifs is 1. The molecule has 0 bridgehead atoms. The molecule has 3 aromatic rings. The highest BCUT2D eigenvalue weighted by Crippen LogP contribution is 2.40. The number of hydrogen-bond acceptors (Lipinski definition) is 6. The Balaban J connectivity index is 0.000000512. The number of aliphatic carboxylic acids is 1. The topological polar surface area (TPSA) is 100 Å². The Morgan fingerprint density at radius 1 is 0.981 bits per heavy atom. The lowest BCUT2D eigenvalue weighted by atomic mass is 9.82. The van der Waals surface area contributed by atoms with Crippen molar-refractivity contribution in [2.45, 2.75) is 103 Å². The molecule has 3 atom stereocenters. The van der Waals surface area contributed by atoms with Gasteiger partial charge in [0, 0.05) is 43.2 Å². The molecule has 1 saturated heterocycles. The van der Waals surface area contributed by atoms with Crippen LogP contribution in [-0.2, 0) is 28.4 Å². The van der Waals surface area contributed by atoms with Crippen LogP contribution in [0.4, 0.5) is 30.7 Å². The van der Waals surface area contributed by atoms with Crippen molar-refractivity contribution < 1.29 is 55.0 Å². The molecule has 54 heavy (non-hydrogen) atoms. The summed E-state index contributed by atoms with van der Waals surface area (Å²) in [6.45, 7) is 6.46. The van der Waals surface area contributed by atoms with Crippen LogP contribution in [0.1, 0.15) is 110 Å². The molecule has 4 heterocycles. The summed E-state index contributed by atoms with van der Waals surface area (Å²) in [5, 5.41) is 10.4. The minimum atomic E-state index is -4.75. The normalized spacial score (nSPS) is 18.4. The lowest BCUT2D eigenvalue weighted by Crippen LogP contribution is -2.55. The number of piperidine rings is 1. The van der Waals surface area contributed by atoms with Gasteiger partial charge in [0.1, 0.15) is 22.1 Å². The van der Waals surface area contributed by atoms with Gasteiger partial charge in [-0.3, -0.25) is 19.4 Å². The number of nitrogens with zero attached hydrogens (tertiary/aromatic N) is 3. The summed E-state index contributed by atoms with van der Waals surface area (Å²) >= 11 is 0.631. The van der Waals surface area contributed by atoms with E-state index in [1.165, 1.54) is 29.5 Å². The number of carboxylic acids is 1. The second-order valence-corrected chi connectivity index (χ2v) is 13.5.